The lowest BCUT2D eigenvalue weighted by Gasteiger charge is -2.23. The lowest BCUT2D eigenvalue weighted by atomic mass is 9.84. The first-order chi connectivity index (χ1) is 11.0. The molecule has 0 heterocycles. The maximum atomic E-state index is 14.1. The Kier molecular flexibility index (Phi) is 5.19. The van der Waals surface area contributed by atoms with Gasteiger partial charge in [0.25, 0.3) is 0 Å². The minimum atomic E-state index is -1.41. The molecule has 0 radical (unpaired) electrons. The van der Waals surface area contributed by atoms with Crippen LogP contribution < -0.4 is 0 Å². The lowest BCUT2D eigenvalue weighted by molar-refractivity contribution is -0.171. The molecule has 0 saturated heterocycles. The number of ether oxygens (including phenoxy) is 2. The van der Waals surface area contributed by atoms with Crippen molar-refractivity contribution in [1.82, 2.24) is 0 Å². The van der Waals surface area contributed by atoms with E-state index in [-0.39, 0.29) is 31.9 Å². The van der Waals surface area contributed by atoms with Gasteiger partial charge in [-0.15, -0.1) is 6.58 Å². The van der Waals surface area contributed by atoms with Gasteiger partial charge in [0.05, 0.1) is 13.2 Å². The molecule has 23 heavy (non-hydrogen) atoms. The molecule has 0 aromatic heterocycles. The van der Waals surface area contributed by atoms with E-state index in [4.69, 9.17) is 9.47 Å². The molecular weight excluding hydrogens is 299 g/mol. The smallest absolute Gasteiger partial charge is 0.324 e. The molecule has 0 fully saturated rings. The van der Waals surface area contributed by atoms with Crippen LogP contribution in [0.15, 0.2) is 24.8 Å². The minimum absolute atomic E-state index is 0.102. The van der Waals surface area contributed by atoms with Gasteiger partial charge >= 0.3 is 11.9 Å². The number of allylic oxidation sites excluding steroid dienone is 1. The van der Waals surface area contributed by atoms with Crippen molar-refractivity contribution in [1.29, 1.82) is 0 Å². The number of carbonyl (C=O) groups is 2. The first-order valence-corrected chi connectivity index (χ1v) is 7.74. The Morgan fingerprint density at radius 2 is 1.70 bits per heavy atom. The molecule has 0 aliphatic heterocycles. The zero-order chi connectivity index (χ0) is 17.0. The highest BCUT2D eigenvalue weighted by molar-refractivity contribution is 6.01. The van der Waals surface area contributed by atoms with Crippen molar-refractivity contribution in [3.63, 3.8) is 0 Å². The van der Waals surface area contributed by atoms with Crippen LogP contribution in [-0.2, 0) is 38.3 Å². The number of halogens is 1. The second kappa shape index (κ2) is 6.94. The molecular formula is C18H21FO4. The Hall–Kier alpha value is -2.17. The first kappa shape index (κ1) is 17.2. The van der Waals surface area contributed by atoms with E-state index in [1.807, 2.05) is 0 Å². The third kappa shape index (κ3) is 3.14. The highest BCUT2D eigenvalue weighted by atomic mass is 19.1. The monoisotopic (exact) mass is 320 g/mol. The summed E-state index contributed by atoms with van der Waals surface area (Å²) < 4.78 is 24.3. The summed E-state index contributed by atoms with van der Waals surface area (Å²) in [5, 5.41) is 0. The number of rotatable bonds is 6. The molecule has 1 aliphatic rings. The van der Waals surface area contributed by atoms with Crippen LogP contribution in [0.2, 0.25) is 0 Å². The molecule has 1 aromatic rings. The van der Waals surface area contributed by atoms with E-state index in [0.717, 1.165) is 5.56 Å². The van der Waals surface area contributed by atoms with Gasteiger partial charge in [-0.1, -0.05) is 12.1 Å². The van der Waals surface area contributed by atoms with Gasteiger partial charge in [-0.05, 0) is 55.9 Å². The van der Waals surface area contributed by atoms with Crippen LogP contribution in [0.1, 0.15) is 30.5 Å². The van der Waals surface area contributed by atoms with Crippen LogP contribution in [0.4, 0.5) is 4.39 Å². The predicted molar refractivity (Wildman–Crippen MR) is 83.4 cm³/mol. The number of fused-ring (bicyclic) bond motifs is 1. The highest BCUT2D eigenvalue weighted by Gasteiger charge is 2.53. The van der Waals surface area contributed by atoms with Gasteiger partial charge in [-0.25, -0.2) is 4.39 Å². The fourth-order valence-corrected chi connectivity index (χ4v) is 2.97. The van der Waals surface area contributed by atoms with E-state index in [1.165, 1.54) is 6.07 Å². The highest BCUT2D eigenvalue weighted by Crippen LogP contribution is 2.40. The second-order valence-corrected chi connectivity index (χ2v) is 5.58. The molecule has 0 saturated carbocycles. The topological polar surface area (TPSA) is 52.6 Å². The summed E-state index contributed by atoms with van der Waals surface area (Å²) >= 11 is 0. The first-order valence-electron chi connectivity index (χ1n) is 7.74. The number of carbonyl (C=O) groups excluding carboxylic acids is 2. The van der Waals surface area contributed by atoms with E-state index in [1.54, 1.807) is 26.0 Å². The molecule has 4 nitrogen and oxygen atoms in total. The summed E-state index contributed by atoms with van der Waals surface area (Å²) in [7, 11) is 0. The zero-order valence-electron chi connectivity index (χ0n) is 13.5. The Bertz CT molecular complexity index is 618. The number of benzene rings is 1. The molecule has 0 N–H and O–H groups in total. The summed E-state index contributed by atoms with van der Waals surface area (Å²) in [6.07, 6.45) is 2.28. The van der Waals surface area contributed by atoms with Gasteiger partial charge in [0.1, 0.15) is 5.82 Å². The maximum absolute atomic E-state index is 14.1. The summed E-state index contributed by atoms with van der Waals surface area (Å²) in [5.74, 6) is -1.58. The molecule has 1 aliphatic carbocycles. The number of esters is 2. The van der Waals surface area contributed by atoms with Crippen molar-refractivity contribution >= 4 is 11.9 Å². The molecule has 124 valence electrons. The Labute approximate surface area is 135 Å². The fraction of sp³-hybridized carbons (Fsp3) is 0.444. The van der Waals surface area contributed by atoms with Crippen LogP contribution in [0.3, 0.4) is 0 Å². The molecule has 0 amide bonds. The maximum Gasteiger partial charge on any atom is 0.324 e. The van der Waals surface area contributed by atoms with Crippen molar-refractivity contribution in [3.05, 3.63) is 47.3 Å². The molecule has 0 spiro atoms. The SMILES string of the molecule is C=CCc1cc2c(cc1F)CC(C(=O)OCC)(C(=O)OCC)C2. The third-order valence-electron chi connectivity index (χ3n) is 4.05. The zero-order valence-corrected chi connectivity index (χ0v) is 13.5. The van der Waals surface area contributed by atoms with Crippen molar-refractivity contribution in [2.24, 2.45) is 5.41 Å². The summed E-state index contributed by atoms with van der Waals surface area (Å²) in [6.45, 7) is 7.32. The third-order valence-corrected chi connectivity index (χ3v) is 4.05. The normalized spacial score (nSPS) is 14.9. The van der Waals surface area contributed by atoms with E-state index in [2.05, 4.69) is 6.58 Å². The van der Waals surface area contributed by atoms with Crippen molar-refractivity contribution in [2.45, 2.75) is 33.1 Å². The van der Waals surface area contributed by atoms with Crippen molar-refractivity contribution in [3.8, 4) is 0 Å². The lowest BCUT2D eigenvalue weighted by Crippen LogP contribution is -2.43. The molecule has 5 heteroatoms. The average Bonchev–Trinajstić information content (AvgIpc) is 2.88. The van der Waals surface area contributed by atoms with Crippen LogP contribution in [0.25, 0.3) is 0 Å². The van der Waals surface area contributed by atoms with Gasteiger partial charge in [0.2, 0.25) is 0 Å². The van der Waals surface area contributed by atoms with Gasteiger partial charge in [0.15, 0.2) is 5.41 Å². The summed E-state index contributed by atoms with van der Waals surface area (Å²) in [5.41, 5.74) is 0.524. The standard InChI is InChI=1S/C18H21FO4/c1-4-7-12-8-13-10-18(16(20)22-5-2,17(21)23-6-3)11-14(13)9-15(12)19/h4,8-9H,1,5-7,10-11H2,2-3H3. The Morgan fingerprint density at radius 1 is 1.17 bits per heavy atom. The minimum Gasteiger partial charge on any atom is -0.465 e. The molecule has 1 aromatic carbocycles. The van der Waals surface area contributed by atoms with Gasteiger partial charge in [-0.2, -0.15) is 0 Å². The largest absolute Gasteiger partial charge is 0.465 e. The fourth-order valence-electron chi connectivity index (χ4n) is 2.97. The quantitative estimate of drug-likeness (QED) is 0.459. The van der Waals surface area contributed by atoms with Gasteiger partial charge in [-0.3, -0.25) is 9.59 Å². The van der Waals surface area contributed by atoms with Crippen LogP contribution in [0.5, 0.6) is 0 Å². The van der Waals surface area contributed by atoms with Crippen molar-refractivity contribution < 1.29 is 23.5 Å². The van der Waals surface area contributed by atoms with E-state index < -0.39 is 17.4 Å². The van der Waals surface area contributed by atoms with Crippen molar-refractivity contribution in [2.75, 3.05) is 13.2 Å². The summed E-state index contributed by atoms with van der Waals surface area (Å²) in [4.78, 5) is 24.8. The van der Waals surface area contributed by atoms with Gasteiger partial charge in [0, 0.05) is 0 Å². The van der Waals surface area contributed by atoms with E-state index in [0.29, 0.717) is 17.5 Å². The molecule has 0 bridgehead atoms. The molecule has 0 atom stereocenters. The summed E-state index contributed by atoms with van der Waals surface area (Å²) in [6, 6.07) is 3.10. The Balaban J connectivity index is 2.41. The average molecular weight is 320 g/mol. The predicted octanol–water partition coefficient (Wildman–Crippen LogP) is 2.77. The molecule has 0 unspecified atom stereocenters. The van der Waals surface area contributed by atoms with E-state index in [9.17, 15) is 14.0 Å². The van der Waals surface area contributed by atoms with Crippen LogP contribution in [0, 0.1) is 11.2 Å². The number of hydrogen-bond donors (Lipinski definition) is 0. The Morgan fingerprint density at radius 3 is 2.17 bits per heavy atom. The second-order valence-electron chi connectivity index (χ2n) is 5.58. The number of hydrogen-bond acceptors (Lipinski definition) is 4. The van der Waals surface area contributed by atoms with Crippen LogP contribution in [-0.4, -0.2) is 25.2 Å². The van der Waals surface area contributed by atoms with E-state index >= 15 is 0 Å². The van der Waals surface area contributed by atoms with Crippen LogP contribution >= 0.6 is 0 Å². The molecule has 2 rings (SSSR count). The van der Waals surface area contributed by atoms with Gasteiger partial charge < -0.3 is 9.47 Å².